The SMILES string of the molecule is COc1ccc[c]([Ge]([CH3])([CH3])[CH3])c1. The van der Waals surface area contributed by atoms with Crippen molar-refractivity contribution >= 4 is 17.7 Å². The Balaban J connectivity index is 3.02. The predicted molar refractivity (Wildman–Crippen MR) is 56.0 cm³/mol. The molecule has 0 heterocycles. The molecule has 2 heteroatoms. The predicted octanol–water partition coefficient (Wildman–Crippen LogP) is 2.24. The summed E-state index contributed by atoms with van der Waals surface area (Å²) in [5, 5.41) is 0. The van der Waals surface area contributed by atoms with Gasteiger partial charge in [-0.3, -0.25) is 0 Å². The van der Waals surface area contributed by atoms with Crippen molar-refractivity contribution in [1.82, 2.24) is 0 Å². The molecule has 12 heavy (non-hydrogen) atoms. The summed E-state index contributed by atoms with van der Waals surface area (Å²) in [4.78, 5) is 0. The van der Waals surface area contributed by atoms with Crippen LogP contribution in [0.4, 0.5) is 0 Å². The van der Waals surface area contributed by atoms with Crippen LogP contribution in [0.3, 0.4) is 0 Å². The van der Waals surface area contributed by atoms with E-state index in [1.54, 1.807) is 7.11 Å². The second-order valence-electron chi connectivity index (χ2n) is 3.98. The maximum absolute atomic E-state index is 5.18. The van der Waals surface area contributed by atoms with Crippen molar-refractivity contribution in [3.8, 4) is 5.75 Å². The Morgan fingerprint density at radius 1 is 1.17 bits per heavy atom. The molecule has 1 aromatic carbocycles. The van der Waals surface area contributed by atoms with Crippen LogP contribution in [0.1, 0.15) is 0 Å². The first-order chi connectivity index (χ1) is 5.54. The average Bonchev–Trinajstić information content (AvgIpc) is 2.03. The van der Waals surface area contributed by atoms with Gasteiger partial charge in [-0.2, -0.15) is 0 Å². The van der Waals surface area contributed by atoms with Crippen LogP contribution in [0, 0.1) is 0 Å². The van der Waals surface area contributed by atoms with Gasteiger partial charge in [-0.1, -0.05) is 0 Å². The van der Waals surface area contributed by atoms with Gasteiger partial charge in [0.05, 0.1) is 0 Å². The minimum absolute atomic E-state index is 0.980. The molecule has 0 spiro atoms. The van der Waals surface area contributed by atoms with Crippen LogP contribution in [0.15, 0.2) is 24.3 Å². The number of methoxy groups -OCH3 is 1. The van der Waals surface area contributed by atoms with Crippen molar-refractivity contribution in [3.05, 3.63) is 24.3 Å². The van der Waals surface area contributed by atoms with E-state index in [2.05, 4.69) is 35.5 Å². The summed E-state index contributed by atoms with van der Waals surface area (Å²) in [6, 6.07) is 8.45. The molecule has 0 aliphatic carbocycles. The average molecular weight is 225 g/mol. The molecular weight excluding hydrogens is 209 g/mol. The van der Waals surface area contributed by atoms with E-state index in [1.807, 2.05) is 6.07 Å². The molecule has 1 aromatic rings. The van der Waals surface area contributed by atoms with E-state index in [9.17, 15) is 0 Å². The zero-order valence-corrected chi connectivity index (χ0v) is 10.3. The molecule has 0 aromatic heterocycles. The Kier molecular flexibility index (Phi) is 2.83. The molecule has 0 radical (unpaired) electrons. The molecule has 1 nitrogen and oxygen atoms in total. The zero-order chi connectivity index (χ0) is 9.19. The van der Waals surface area contributed by atoms with Crippen LogP contribution in [0.2, 0.25) is 17.3 Å². The summed E-state index contributed by atoms with van der Waals surface area (Å²) in [6.45, 7) is 0. The van der Waals surface area contributed by atoms with Crippen LogP contribution < -0.4 is 9.13 Å². The molecule has 0 aliphatic rings. The fraction of sp³-hybridized carbons (Fsp3) is 0.400. The van der Waals surface area contributed by atoms with E-state index in [0.29, 0.717) is 0 Å². The molecule has 0 N–H and O–H groups in total. The molecular formula is C10H16GeO. The van der Waals surface area contributed by atoms with Crippen molar-refractivity contribution in [2.75, 3.05) is 7.11 Å². The normalized spacial score (nSPS) is 11.3. The van der Waals surface area contributed by atoms with Gasteiger partial charge in [-0.05, 0) is 0 Å². The van der Waals surface area contributed by atoms with Gasteiger partial charge in [-0.15, -0.1) is 0 Å². The van der Waals surface area contributed by atoms with Gasteiger partial charge in [0.15, 0.2) is 0 Å². The third kappa shape index (κ3) is 2.27. The van der Waals surface area contributed by atoms with E-state index < -0.39 is 13.3 Å². The molecule has 1 rings (SSSR count). The molecule has 0 bridgehead atoms. The molecule has 0 saturated heterocycles. The fourth-order valence-electron chi connectivity index (χ4n) is 1.09. The van der Waals surface area contributed by atoms with Crippen molar-refractivity contribution in [2.24, 2.45) is 0 Å². The molecule has 0 unspecified atom stereocenters. The second kappa shape index (κ2) is 3.52. The number of hydrogen-bond acceptors (Lipinski definition) is 1. The van der Waals surface area contributed by atoms with E-state index in [0.717, 1.165) is 5.75 Å². The van der Waals surface area contributed by atoms with Gasteiger partial charge in [0, 0.05) is 0 Å². The summed E-state index contributed by atoms with van der Waals surface area (Å²) in [7, 11) is 1.72. The molecule has 0 saturated carbocycles. The van der Waals surface area contributed by atoms with Crippen LogP contribution in [-0.4, -0.2) is 20.4 Å². The second-order valence-corrected chi connectivity index (χ2v) is 14.6. The van der Waals surface area contributed by atoms with E-state index in [4.69, 9.17) is 4.74 Å². The van der Waals surface area contributed by atoms with Gasteiger partial charge < -0.3 is 0 Å². The molecule has 0 aliphatic heterocycles. The van der Waals surface area contributed by atoms with Gasteiger partial charge in [0.2, 0.25) is 0 Å². The maximum atomic E-state index is 5.18. The van der Waals surface area contributed by atoms with E-state index in [1.165, 1.54) is 4.40 Å². The Morgan fingerprint density at radius 2 is 1.83 bits per heavy atom. The van der Waals surface area contributed by atoms with E-state index >= 15 is 0 Å². The topological polar surface area (TPSA) is 9.23 Å². The van der Waals surface area contributed by atoms with Crippen LogP contribution in [0.25, 0.3) is 0 Å². The quantitative estimate of drug-likeness (QED) is 0.701. The van der Waals surface area contributed by atoms with Gasteiger partial charge in [0.1, 0.15) is 0 Å². The summed E-state index contributed by atoms with van der Waals surface area (Å²) in [5.41, 5.74) is 0. The molecule has 0 fully saturated rings. The number of ether oxygens (including phenoxy) is 1. The summed E-state index contributed by atoms with van der Waals surface area (Å²) < 4.78 is 6.67. The van der Waals surface area contributed by atoms with Crippen molar-refractivity contribution < 1.29 is 4.74 Å². The number of benzene rings is 1. The third-order valence-corrected chi connectivity index (χ3v) is 6.22. The monoisotopic (exact) mass is 226 g/mol. The molecule has 0 amide bonds. The van der Waals surface area contributed by atoms with Crippen molar-refractivity contribution in [3.63, 3.8) is 0 Å². The zero-order valence-electron chi connectivity index (χ0n) is 8.22. The first-order valence-electron chi connectivity index (χ1n) is 4.18. The summed E-state index contributed by atoms with van der Waals surface area (Å²) in [6.07, 6.45) is 0. The molecule has 0 atom stereocenters. The Hall–Kier alpha value is -0.437. The third-order valence-electron chi connectivity index (χ3n) is 1.94. The summed E-state index contributed by atoms with van der Waals surface area (Å²) in [5.74, 6) is 8.13. The van der Waals surface area contributed by atoms with Gasteiger partial charge in [0.25, 0.3) is 0 Å². The first-order valence-corrected chi connectivity index (χ1v) is 11.5. The standard InChI is InChI=1S/C10H16GeO/c1-11(2,3)9-6-5-7-10(8-9)12-4/h5-8H,1-4H3. The number of rotatable bonds is 2. The first kappa shape index (κ1) is 9.65. The van der Waals surface area contributed by atoms with Crippen molar-refractivity contribution in [2.45, 2.75) is 17.3 Å². The van der Waals surface area contributed by atoms with Crippen LogP contribution in [-0.2, 0) is 0 Å². The van der Waals surface area contributed by atoms with Crippen LogP contribution in [0.5, 0.6) is 5.75 Å². The van der Waals surface area contributed by atoms with Gasteiger partial charge >= 0.3 is 76.8 Å². The Morgan fingerprint density at radius 3 is 2.33 bits per heavy atom. The molecule has 66 valence electrons. The van der Waals surface area contributed by atoms with Crippen LogP contribution >= 0.6 is 0 Å². The Bertz CT molecular complexity index is 263. The minimum atomic E-state index is -1.64. The van der Waals surface area contributed by atoms with E-state index in [-0.39, 0.29) is 0 Å². The fourth-order valence-corrected chi connectivity index (χ4v) is 3.55. The summed E-state index contributed by atoms with van der Waals surface area (Å²) >= 11 is -1.64. The Labute approximate surface area is 77.1 Å². The van der Waals surface area contributed by atoms with Crippen molar-refractivity contribution in [1.29, 1.82) is 0 Å². The van der Waals surface area contributed by atoms with Gasteiger partial charge in [-0.25, -0.2) is 0 Å². The number of hydrogen-bond donors (Lipinski definition) is 0.